The monoisotopic (exact) mass is 443 g/mol. The van der Waals surface area contributed by atoms with Gasteiger partial charge in [0, 0.05) is 28.7 Å². The molecule has 2 aromatic carbocycles. The average Bonchev–Trinajstić information content (AvgIpc) is 3.07. The molecule has 0 aliphatic rings. The first-order valence-corrected chi connectivity index (χ1v) is 9.52. The summed E-state index contributed by atoms with van der Waals surface area (Å²) in [5.74, 6) is -1.49. The highest BCUT2D eigenvalue weighted by Gasteiger charge is 2.35. The molecule has 1 heterocycles. The second-order valence-corrected chi connectivity index (χ2v) is 7.33. The van der Waals surface area contributed by atoms with E-state index in [1.54, 1.807) is 12.3 Å². The lowest BCUT2D eigenvalue weighted by Crippen LogP contribution is -2.14. The molecule has 0 saturated heterocycles. The molecule has 1 aromatic heterocycles. The molecule has 3 rings (SSSR count). The van der Waals surface area contributed by atoms with Gasteiger partial charge in [0.2, 0.25) is 0 Å². The third-order valence-electron chi connectivity index (χ3n) is 3.96. The van der Waals surface area contributed by atoms with Gasteiger partial charge in [0.25, 0.3) is 5.91 Å². The zero-order valence-electron chi connectivity index (χ0n) is 14.9. The van der Waals surface area contributed by atoms with E-state index in [2.05, 4.69) is 15.6 Å². The van der Waals surface area contributed by atoms with Gasteiger partial charge in [-0.1, -0.05) is 11.6 Å². The zero-order valence-corrected chi connectivity index (χ0v) is 16.5. The van der Waals surface area contributed by atoms with Gasteiger partial charge in [-0.2, -0.15) is 13.2 Å². The first-order chi connectivity index (χ1) is 13.6. The summed E-state index contributed by atoms with van der Waals surface area (Å²) in [6.45, 7) is 1.38. The molecule has 0 bridgehead atoms. The molecule has 0 unspecified atom stereocenters. The van der Waals surface area contributed by atoms with E-state index in [4.69, 9.17) is 11.6 Å². The van der Waals surface area contributed by atoms with Crippen LogP contribution < -0.4 is 10.6 Å². The number of carbonyl (C=O) groups is 1. The van der Waals surface area contributed by atoms with E-state index in [-0.39, 0.29) is 10.9 Å². The molecule has 0 spiro atoms. The number of thiazole rings is 1. The van der Waals surface area contributed by atoms with Gasteiger partial charge in [0.15, 0.2) is 5.13 Å². The Kier molecular flexibility index (Phi) is 6.09. The minimum atomic E-state index is -4.71. The summed E-state index contributed by atoms with van der Waals surface area (Å²) in [5, 5.41) is 7.25. The van der Waals surface area contributed by atoms with Crippen molar-refractivity contribution in [2.75, 3.05) is 10.6 Å². The van der Waals surface area contributed by atoms with Crippen molar-refractivity contribution in [2.24, 2.45) is 0 Å². The van der Waals surface area contributed by atoms with Crippen molar-refractivity contribution >= 4 is 39.7 Å². The molecular weight excluding hydrogens is 430 g/mol. The fourth-order valence-electron chi connectivity index (χ4n) is 2.54. The third-order valence-corrected chi connectivity index (χ3v) is 5.12. The Labute approximate surface area is 172 Å². The standard InChI is InChI=1S/C19H14ClF4N3OS/c1-10-9-29-18(26-10)27-17(28)11-2-4-12(5-3-11)25-8-13-14(19(22,23)24)6-7-15(20)16(13)21/h2-7,9,25H,8H2,1H3,(H,26,27,28). The van der Waals surface area contributed by atoms with Gasteiger partial charge in [-0.15, -0.1) is 11.3 Å². The Hall–Kier alpha value is -2.65. The van der Waals surface area contributed by atoms with Gasteiger partial charge in [-0.3, -0.25) is 10.1 Å². The van der Waals surface area contributed by atoms with Crippen LogP contribution in [0.25, 0.3) is 0 Å². The molecule has 10 heteroatoms. The molecule has 4 nitrogen and oxygen atoms in total. The van der Waals surface area contributed by atoms with Crippen LogP contribution in [0.3, 0.4) is 0 Å². The molecule has 0 aliphatic carbocycles. The van der Waals surface area contributed by atoms with Crippen molar-refractivity contribution in [1.82, 2.24) is 4.98 Å². The van der Waals surface area contributed by atoms with Gasteiger partial charge in [-0.25, -0.2) is 9.37 Å². The minimum Gasteiger partial charge on any atom is -0.381 e. The lowest BCUT2D eigenvalue weighted by atomic mass is 10.1. The summed E-state index contributed by atoms with van der Waals surface area (Å²) in [4.78, 5) is 16.3. The second-order valence-electron chi connectivity index (χ2n) is 6.06. The van der Waals surface area contributed by atoms with E-state index in [0.717, 1.165) is 17.8 Å². The molecule has 29 heavy (non-hydrogen) atoms. The molecule has 0 fully saturated rings. The Bertz CT molecular complexity index is 1030. The summed E-state index contributed by atoms with van der Waals surface area (Å²) in [5.41, 5.74) is -0.128. The highest BCUT2D eigenvalue weighted by Crippen LogP contribution is 2.35. The molecule has 3 aromatic rings. The number of halogens is 5. The predicted molar refractivity (Wildman–Crippen MR) is 105 cm³/mol. The maximum Gasteiger partial charge on any atom is 0.416 e. The molecular formula is C19H14ClF4N3OS. The van der Waals surface area contributed by atoms with Gasteiger partial charge >= 0.3 is 6.18 Å². The van der Waals surface area contributed by atoms with E-state index in [0.29, 0.717) is 16.4 Å². The van der Waals surface area contributed by atoms with Crippen LogP contribution in [0.2, 0.25) is 5.02 Å². The van der Waals surface area contributed by atoms with Crippen molar-refractivity contribution in [3.8, 4) is 0 Å². The average molecular weight is 444 g/mol. The van der Waals surface area contributed by atoms with Crippen molar-refractivity contribution < 1.29 is 22.4 Å². The quantitative estimate of drug-likeness (QED) is 0.466. The van der Waals surface area contributed by atoms with Crippen LogP contribution in [0, 0.1) is 12.7 Å². The van der Waals surface area contributed by atoms with Crippen LogP contribution in [-0.2, 0) is 12.7 Å². The number of benzene rings is 2. The second kappa shape index (κ2) is 8.38. The highest BCUT2D eigenvalue weighted by atomic mass is 35.5. The van der Waals surface area contributed by atoms with Crippen molar-refractivity contribution in [3.63, 3.8) is 0 Å². The third kappa shape index (κ3) is 5.04. The summed E-state index contributed by atoms with van der Waals surface area (Å²) < 4.78 is 53.5. The van der Waals surface area contributed by atoms with Crippen LogP contribution in [0.1, 0.15) is 27.2 Å². The minimum absolute atomic E-state index is 0.341. The van der Waals surface area contributed by atoms with Crippen molar-refractivity contribution in [3.05, 3.63) is 75.0 Å². The molecule has 152 valence electrons. The number of nitrogens with one attached hydrogen (secondary N) is 2. The van der Waals surface area contributed by atoms with Crippen LogP contribution in [-0.4, -0.2) is 10.9 Å². The van der Waals surface area contributed by atoms with Crippen LogP contribution in [0.15, 0.2) is 41.8 Å². The Balaban J connectivity index is 1.71. The SMILES string of the molecule is Cc1csc(NC(=O)c2ccc(NCc3c(C(F)(F)F)ccc(Cl)c3F)cc2)n1. The van der Waals surface area contributed by atoms with Gasteiger partial charge in [-0.05, 0) is 43.3 Å². The number of aryl methyl sites for hydroxylation is 1. The molecule has 2 N–H and O–H groups in total. The van der Waals surface area contributed by atoms with Gasteiger partial charge in [0.05, 0.1) is 16.3 Å². The van der Waals surface area contributed by atoms with E-state index < -0.39 is 29.7 Å². The number of rotatable bonds is 5. The van der Waals surface area contributed by atoms with E-state index in [1.807, 2.05) is 0 Å². The van der Waals surface area contributed by atoms with E-state index in [1.165, 1.54) is 35.6 Å². The number of amides is 1. The van der Waals surface area contributed by atoms with Crippen LogP contribution >= 0.6 is 22.9 Å². The highest BCUT2D eigenvalue weighted by molar-refractivity contribution is 7.13. The number of anilines is 2. The van der Waals surface area contributed by atoms with E-state index >= 15 is 0 Å². The van der Waals surface area contributed by atoms with Gasteiger partial charge < -0.3 is 5.32 Å². The molecule has 0 aliphatic heterocycles. The first kappa shape index (κ1) is 21.1. The van der Waals surface area contributed by atoms with Crippen molar-refractivity contribution in [2.45, 2.75) is 19.6 Å². The number of nitrogens with zero attached hydrogens (tertiary/aromatic N) is 1. The normalized spacial score (nSPS) is 11.4. The topological polar surface area (TPSA) is 54.0 Å². The Morgan fingerprint density at radius 3 is 2.45 bits per heavy atom. The molecule has 0 saturated carbocycles. The summed E-state index contributed by atoms with van der Waals surface area (Å²) >= 11 is 6.92. The smallest absolute Gasteiger partial charge is 0.381 e. The first-order valence-electron chi connectivity index (χ1n) is 8.26. The van der Waals surface area contributed by atoms with Crippen LogP contribution in [0.5, 0.6) is 0 Å². The molecule has 1 amide bonds. The largest absolute Gasteiger partial charge is 0.416 e. The summed E-state index contributed by atoms with van der Waals surface area (Å²) in [7, 11) is 0. The lowest BCUT2D eigenvalue weighted by Gasteiger charge is -2.15. The molecule has 0 atom stereocenters. The number of alkyl halides is 3. The fraction of sp³-hybridized carbons (Fsp3) is 0.158. The summed E-state index contributed by atoms with van der Waals surface area (Å²) in [6, 6.07) is 7.64. The van der Waals surface area contributed by atoms with Gasteiger partial charge in [0.1, 0.15) is 5.82 Å². The number of carbonyl (C=O) groups excluding carboxylic acids is 1. The number of hydrogen-bond donors (Lipinski definition) is 2. The number of hydrogen-bond acceptors (Lipinski definition) is 4. The zero-order chi connectivity index (χ0) is 21.2. The van der Waals surface area contributed by atoms with Crippen molar-refractivity contribution in [1.29, 1.82) is 0 Å². The summed E-state index contributed by atoms with van der Waals surface area (Å²) in [6.07, 6.45) is -4.71. The Morgan fingerprint density at radius 2 is 1.86 bits per heavy atom. The maximum absolute atomic E-state index is 14.1. The van der Waals surface area contributed by atoms with Crippen LogP contribution in [0.4, 0.5) is 28.4 Å². The predicted octanol–water partition coefficient (Wildman–Crippen LogP) is 6.13. The fourth-order valence-corrected chi connectivity index (χ4v) is 3.40. The Morgan fingerprint density at radius 1 is 1.17 bits per heavy atom. The lowest BCUT2D eigenvalue weighted by molar-refractivity contribution is -0.138. The van der Waals surface area contributed by atoms with E-state index in [9.17, 15) is 22.4 Å². The maximum atomic E-state index is 14.1. The molecule has 0 radical (unpaired) electrons. The number of aromatic nitrogens is 1.